The van der Waals surface area contributed by atoms with Gasteiger partial charge in [-0.25, -0.2) is 0 Å². The molecule has 1 aromatic heterocycles. The number of esters is 1. The number of ether oxygens (including phenoxy) is 1. The van der Waals surface area contributed by atoms with Crippen LogP contribution in [0.5, 0.6) is 0 Å². The molecule has 1 rings (SSSR count). The third kappa shape index (κ3) is 3.24. The average molecular weight is 196 g/mol. The van der Waals surface area contributed by atoms with Gasteiger partial charge in [-0.15, -0.1) is 0 Å². The lowest BCUT2D eigenvalue weighted by Crippen LogP contribution is -2.08. The summed E-state index contributed by atoms with van der Waals surface area (Å²) in [6.07, 6.45) is 2.86. The molecule has 0 aliphatic carbocycles. The van der Waals surface area contributed by atoms with E-state index in [1.165, 1.54) is 0 Å². The van der Waals surface area contributed by atoms with Gasteiger partial charge >= 0.3 is 5.97 Å². The second-order valence-corrected chi connectivity index (χ2v) is 3.34. The van der Waals surface area contributed by atoms with Gasteiger partial charge in [0.2, 0.25) is 0 Å². The normalized spacial score (nSPS) is 12.4. The maximum Gasteiger partial charge on any atom is 0.306 e. The van der Waals surface area contributed by atoms with Crippen molar-refractivity contribution in [3.05, 3.63) is 24.2 Å². The first-order chi connectivity index (χ1) is 6.74. The van der Waals surface area contributed by atoms with Crippen LogP contribution in [0.15, 0.2) is 22.8 Å². The van der Waals surface area contributed by atoms with E-state index in [-0.39, 0.29) is 11.9 Å². The third-order valence-corrected chi connectivity index (χ3v) is 1.97. The molecular weight excluding hydrogens is 180 g/mol. The number of hydrogen-bond donors (Lipinski definition) is 0. The predicted molar refractivity (Wildman–Crippen MR) is 53.0 cm³/mol. The number of carbonyl (C=O) groups excluding carboxylic acids is 1. The van der Waals surface area contributed by atoms with Crippen LogP contribution >= 0.6 is 0 Å². The second-order valence-electron chi connectivity index (χ2n) is 3.34. The van der Waals surface area contributed by atoms with Crippen LogP contribution in [0.25, 0.3) is 0 Å². The van der Waals surface area contributed by atoms with Crippen LogP contribution in [-0.4, -0.2) is 12.6 Å². The minimum absolute atomic E-state index is 0.0920. The van der Waals surface area contributed by atoms with E-state index < -0.39 is 0 Å². The predicted octanol–water partition coefficient (Wildman–Crippen LogP) is 2.73. The van der Waals surface area contributed by atoms with Crippen LogP contribution in [0.2, 0.25) is 0 Å². The Bertz CT molecular complexity index is 264. The molecule has 0 saturated carbocycles. The fraction of sp³-hybridized carbons (Fsp3) is 0.545. The largest absolute Gasteiger partial charge is 0.469 e. The topological polar surface area (TPSA) is 39.4 Å². The van der Waals surface area contributed by atoms with Crippen LogP contribution in [0.4, 0.5) is 0 Å². The SMILES string of the molecule is CCCOC(=O)CC(C)c1ccco1. The summed E-state index contributed by atoms with van der Waals surface area (Å²) in [4.78, 5) is 11.2. The van der Waals surface area contributed by atoms with E-state index in [0.29, 0.717) is 13.0 Å². The molecule has 0 N–H and O–H groups in total. The summed E-state index contributed by atoms with van der Waals surface area (Å²) in [7, 11) is 0. The van der Waals surface area contributed by atoms with Gasteiger partial charge < -0.3 is 9.15 Å². The van der Waals surface area contributed by atoms with Crippen molar-refractivity contribution in [2.24, 2.45) is 0 Å². The molecule has 0 bridgehead atoms. The Morgan fingerprint density at radius 2 is 2.43 bits per heavy atom. The van der Waals surface area contributed by atoms with Gasteiger partial charge in [-0.3, -0.25) is 4.79 Å². The van der Waals surface area contributed by atoms with E-state index in [2.05, 4.69) is 0 Å². The van der Waals surface area contributed by atoms with Gasteiger partial charge in [-0.1, -0.05) is 13.8 Å². The van der Waals surface area contributed by atoms with Gasteiger partial charge in [-0.2, -0.15) is 0 Å². The maximum absolute atomic E-state index is 11.2. The minimum atomic E-state index is -0.157. The third-order valence-electron chi connectivity index (χ3n) is 1.97. The van der Waals surface area contributed by atoms with Gasteiger partial charge in [0.05, 0.1) is 19.3 Å². The Kier molecular flexibility index (Phi) is 4.23. The molecule has 0 aromatic carbocycles. The van der Waals surface area contributed by atoms with Gasteiger partial charge in [0.15, 0.2) is 0 Å². The molecule has 3 heteroatoms. The molecule has 0 aliphatic heterocycles. The van der Waals surface area contributed by atoms with Crippen LogP contribution in [0.1, 0.15) is 38.4 Å². The molecule has 3 nitrogen and oxygen atoms in total. The average Bonchev–Trinajstić information content (AvgIpc) is 2.67. The molecule has 0 aliphatic rings. The molecule has 1 aromatic rings. The lowest BCUT2D eigenvalue weighted by Gasteiger charge is -2.07. The van der Waals surface area contributed by atoms with Gasteiger partial charge in [-0.05, 0) is 18.6 Å². The maximum atomic E-state index is 11.2. The van der Waals surface area contributed by atoms with E-state index in [0.717, 1.165) is 12.2 Å². The highest BCUT2D eigenvalue weighted by Crippen LogP contribution is 2.19. The lowest BCUT2D eigenvalue weighted by molar-refractivity contribution is -0.144. The Hall–Kier alpha value is -1.25. The minimum Gasteiger partial charge on any atom is -0.469 e. The molecule has 14 heavy (non-hydrogen) atoms. The molecule has 0 saturated heterocycles. The summed E-state index contributed by atoms with van der Waals surface area (Å²) in [5, 5.41) is 0. The van der Waals surface area contributed by atoms with Gasteiger partial charge in [0, 0.05) is 5.92 Å². The molecular formula is C11H16O3. The Balaban J connectivity index is 2.33. The monoisotopic (exact) mass is 196 g/mol. The highest BCUT2D eigenvalue weighted by atomic mass is 16.5. The molecule has 1 heterocycles. The van der Waals surface area contributed by atoms with Crippen LogP contribution in [0, 0.1) is 0 Å². The first-order valence-electron chi connectivity index (χ1n) is 4.93. The fourth-order valence-corrected chi connectivity index (χ4v) is 1.20. The highest BCUT2D eigenvalue weighted by Gasteiger charge is 2.13. The molecule has 1 unspecified atom stereocenters. The number of furan rings is 1. The smallest absolute Gasteiger partial charge is 0.306 e. The zero-order valence-electron chi connectivity index (χ0n) is 8.66. The van der Waals surface area contributed by atoms with Crippen LogP contribution in [-0.2, 0) is 9.53 Å². The van der Waals surface area contributed by atoms with Crippen molar-refractivity contribution in [1.29, 1.82) is 0 Å². The first kappa shape index (κ1) is 10.8. The van der Waals surface area contributed by atoms with Crippen molar-refractivity contribution in [3.63, 3.8) is 0 Å². The molecule has 0 radical (unpaired) electrons. The summed E-state index contributed by atoms with van der Waals surface area (Å²) < 4.78 is 10.2. The number of hydrogen-bond acceptors (Lipinski definition) is 3. The van der Waals surface area contributed by atoms with Crippen molar-refractivity contribution in [2.45, 2.75) is 32.6 Å². The van der Waals surface area contributed by atoms with E-state index in [4.69, 9.17) is 9.15 Å². The Morgan fingerprint density at radius 1 is 1.64 bits per heavy atom. The standard InChI is InChI=1S/C11H16O3/c1-3-6-14-11(12)8-9(2)10-5-4-7-13-10/h4-5,7,9H,3,6,8H2,1-2H3. The summed E-state index contributed by atoms with van der Waals surface area (Å²) in [5.41, 5.74) is 0. The fourth-order valence-electron chi connectivity index (χ4n) is 1.20. The van der Waals surface area contributed by atoms with Crippen molar-refractivity contribution < 1.29 is 13.9 Å². The zero-order chi connectivity index (χ0) is 10.4. The van der Waals surface area contributed by atoms with E-state index in [9.17, 15) is 4.79 Å². The van der Waals surface area contributed by atoms with Gasteiger partial charge in [0.25, 0.3) is 0 Å². The molecule has 1 atom stereocenters. The summed E-state index contributed by atoms with van der Waals surface area (Å²) in [5.74, 6) is 0.767. The Morgan fingerprint density at radius 3 is 3.00 bits per heavy atom. The van der Waals surface area contributed by atoms with Crippen molar-refractivity contribution >= 4 is 5.97 Å². The second kappa shape index (κ2) is 5.47. The van der Waals surface area contributed by atoms with Crippen molar-refractivity contribution in [3.8, 4) is 0 Å². The first-order valence-corrected chi connectivity index (χ1v) is 4.93. The summed E-state index contributed by atoms with van der Waals surface area (Å²) in [6, 6.07) is 3.70. The number of carbonyl (C=O) groups is 1. The van der Waals surface area contributed by atoms with Crippen molar-refractivity contribution in [2.75, 3.05) is 6.61 Å². The molecule has 78 valence electrons. The molecule has 0 amide bonds. The highest BCUT2D eigenvalue weighted by molar-refractivity contribution is 5.70. The summed E-state index contributed by atoms with van der Waals surface area (Å²) >= 11 is 0. The van der Waals surface area contributed by atoms with Crippen molar-refractivity contribution in [1.82, 2.24) is 0 Å². The van der Waals surface area contributed by atoms with Crippen LogP contribution in [0.3, 0.4) is 0 Å². The molecule has 0 fully saturated rings. The lowest BCUT2D eigenvalue weighted by atomic mass is 10.1. The zero-order valence-corrected chi connectivity index (χ0v) is 8.66. The quantitative estimate of drug-likeness (QED) is 0.680. The van der Waals surface area contributed by atoms with E-state index >= 15 is 0 Å². The molecule has 0 spiro atoms. The van der Waals surface area contributed by atoms with Crippen LogP contribution < -0.4 is 0 Å². The number of rotatable bonds is 5. The summed E-state index contributed by atoms with van der Waals surface area (Å²) in [6.45, 7) is 4.43. The van der Waals surface area contributed by atoms with E-state index in [1.54, 1.807) is 6.26 Å². The Labute approximate surface area is 84.1 Å². The van der Waals surface area contributed by atoms with E-state index in [1.807, 2.05) is 26.0 Å². The van der Waals surface area contributed by atoms with Gasteiger partial charge in [0.1, 0.15) is 5.76 Å².